The molecule has 2 rings (SSSR count). The second-order valence-electron chi connectivity index (χ2n) is 3.98. The highest BCUT2D eigenvalue weighted by Crippen LogP contribution is 2.22. The van der Waals surface area contributed by atoms with Crippen molar-refractivity contribution >= 4 is 16.8 Å². The summed E-state index contributed by atoms with van der Waals surface area (Å²) in [6, 6.07) is 7.95. The van der Waals surface area contributed by atoms with E-state index in [-0.39, 0.29) is 5.91 Å². The number of benzene rings is 1. The Labute approximate surface area is 105 Å². The standard InChI is InChI=1S/C13H17N3O2/c1-2-18-11-3-4-12-10(9-11)5-7-16(12)8-6-13(17)15-14/h3-5,7,9H,2,6,8,14H2,1H3,(H,15,17). The number of amides is 1. The van der Waals surface area contributed by atoms with Gasteiger partial charge < -0.3 is 9.30 Å². The lowest BCUT2D eigenvalue weighted by Gasteiger charge is -2.06. The van der Waals surface area contributed by atoms with Crippen molar-refractivity contribution in [2.45, 2.75) is 19.9 Å². The minimum atomic E-state index is -0.164. The summed E-state index contributed by atoms with van der Waals surface area (Å²) in [5, 5.41) is 1.11. The summed E-state index contributed by atoms with van der Waals surface area (Å²) in [5.41, 5.74) is 3.22. The molecule has 0 unspecified atom stereocenters. The number of aromatic nitrogens is 1. The van der Waals surface area contributed by atoms with E-state index in [9.17, 15) is 4.79 Å². The van der Waals surface area contributed by atoms with Gasteiger partial charge in [-0.3, -0.25) is 10.2 Å². The van der Waals surface area contributed by atoms with Gasteiger partial charge in [-0.2, -0.15) is 0 Å². The molecule has 1 heterocycles. The van der Waals surface area contributed by atoms with Crippen LogP contribution in [0.1, 0.15) is 13.3 Å². The second-order valence-corrected chi connectivity index (χ2v) is 3.98. The predicted molar refractivity (Wildman–Crippen MR) is 70.1 cm³/mol. The number of hydrogen-bond donors (Lipinski definition) is 2. The number of carbonyl (C=O) groups excluding carboxylic acids is 1. The van der Waals surface area contributed by atoms with E-state index < -0.39 is 0 Å². The zero-order valence-corrected chi connectivity index (χ0v) is 10.3. The maximum Gasteiger partial charge on any atom is 0.235 e. The summed E-state index contributed by atoms with van der Waals surface area (Å²) in [5.74, 6) is 5.75. The molecule has 0 fully saturated rings. The van der Waals surface area contributed by atoms with Gasteiger partial charge in [0, 0.05) is 30.1 Å². The van der Waals surface area contributed by atoms with Gasteiger partial charge in [0.25, 0.3) is 0 Å². The number of fused-ring (bicyclic) bond motifs is 1. The summed E-state index contributed by atoms with van der Waals surface area (Å²) in [6.07, 6.45) is 2.33. The fourth-order valence-electron chi connectivity index (χ4n) is 1.92. The summed E-state index contributed by atoms with van der Waals surface area (Å²) in [4.78, 5) is 11.1. The van der Waals surface area contributed by atoms with Gasteiger partial charge in [0.2, 0.25) is 5.91 Å². The highest BCUT2D eigenvalue weighted by Gasteiger charge is 2.04. The van der Waals surface area contributed by atoms with Crippen molar-refractivity contribution in [3.63, 3.8) is 0 Å². The van der Waals surface area contributed by atoms with Crippen molar-refractivity contribution in [3.8, 4) is 5.75 Å². The molecule has 0 radical (unpaired) electrons. The van der Waals surface area contributed by atoms with E-state index >= 15 is 0 Å². The van der Waals surface area contributed by atoms with Crippen LogP contribution in [-0.4, -0.2) is 17.1 Å². The fraction of sp³-hybridized carbons (Fsp3) is 0.308. The SMILES string of the molecule is CCOc1ccc2c(ccn2CCC(=O)NN)c1. The molecule has 96 valence electrons. The molecule has 1 aromatic heterocycles. The van der Waals surface area contributed by atoms with Crippen molar-refractivity contribution < 1.29 is 9.53 Å². The maximum atomic E-state index is 11.1. The van der Waals surface area contributed by atoms with Crippen LogP contribution in [0.2, 0.25) is 0 Å². The van der Waals surface area contributed by atoms with Crippen LogP contribution in [0.4, 0.5) is 0 Å². The first-order chi connectivity index (χ1) is 8.74. The summed E-state index contributed by atoms with van der Waals surface area (Å²) >= 11 is 0. The van der Waals surface area contributed by atoms with Crippen molar-refractivity contribution in [2.75, 3.05) is 6.61 Å². The van der Waals surface area contributed by atoms with Gasteiger partial charge in [-0.1, -0.05) is 0 Å². The maximum absolute atomic E-state index is 11.1. The third-order valence-electron chi connectivity index (χ3n) is 2.79. The fourth-order valence-corrected chi connectivity index (χ4v) is 1.92. The van der Waals surface area contributed by atoms with E-state index in [0.29, 0.717) is 19.6 Å². The first-order valence-corrected chi connectivity index (χ1v) is 5.95. The van der Waals surface area contributed by atoms with Crippen LogP contribution < -0.4 is 16.0 Å². The van der Waals surface area contributed by atoms with Crippen LogP contribution in [0.15, 0.2) is 30.5 Å². The number of nitrogens with zero attached hydrogens (tertiary/aromatic N) is 1. The Morgan fingerprint density at radius 1 is 1.44 bits per heavy atom. The van der Waals surface area contributed by atoms with Crippen molar-refractivity contribution in [1.29, 1.82) is 0 Å². The van der Waals surface area contributed by atoms with Crippen LogP contribution in [0.5, 0.6) is 5.75 Å². The molecule has 2 aromatic rings. The number of ether oxygens (including phenoxy) is 1. The van der Waals surface area contributed by atoms with Crippen LogP contribution in [0.3, 0.4) is 0 Å². The Kier molecular flexibility index (Phi) is 3.84. The van der Waals surface area contributed by atoms with E-state index in [1.807, 2.05) is 42.0 Å². The minimum absolute atomic E-state index is 0.164. The Hall–Kier alpha value is -2.01. The van der Waals surface area contributed by atoms with E-state index in [2.05, 4.69) is 5.43 Å². The molecule has 18 heavy (non-hydrogen) atoms. The molecule has 0 saturated carbocycles. The number of rotatable bonds is 5. The number of carbonyl (C=O) groups is 1. The van der Waals surface area contributed by atoms with Crippen LogP contribution in [-0.2, 0) is 11.3 Å². The minimum Gasteiger partial charge on any atom is -0.494 e. The Morgan fingerprint density at radius 3 is 3.00 bits per heavy atom. The van der Waals surface area contributed by atoms with Gasteiger partial charge in [0.15, 0.2) is 0 Å². The number of nitrogens with one attached hydrogen (secondary N) is 1. The lowest BCUT2D eigenvalue weighted by molar-refractivity contribution is -0.121. The summed E-state index contributed by atoms with van der Waals surface area (Å²) in [6.45, 7) is 3.23. The van der Waals surface area contributed by atoms with Crippen LogP contribution in [0.25, 0.3) is 10.9 Å². The Morgan fingerprint density at radius 2 is 2.28 bits per heavy atom. The zero-order valence-electron chi connectivity index (χ0n) is 10.3. The molecule has 3 N–H and O–H groups in total. The molecular weight excluding hydrogens is 230 g/mol. The molecule has 0 aliphatic rings. The van der Waals surface area contributed by atoms with E-state index in [1.54, 1.807) is 0 Å². The molecule has 0 aliphatic heterocycles. The van der Waals surface area contributed by atoms with Crippen molar-refractivity contribution in [2.24, 2.45) is 5.84 Å². The number of hydrazine groups is 1. The monoisotopic (exact) mass is 247 g/mol. The van der Waals surface area contributed by atoms with Gasteiger partial charge in [0.05, 0.1) is 6.61 Å². The molecule has 0 bridgehead atoms. The smallest absolute Gasteiger partial charge is 0.235 e. The number of nitrogens with two attached hydrogens (primary N) is 1. The average molecular weight is 247 g/mol. The summed E-state index contributed by atoms with van der Waals surface area (Å²) in [7, 11) is 0. The van der Waals surface area contributed by atoms with Gasteiger partial charge in [-0.15, -0.1) is 0 Å². The van der Waals surface area contributed by atoms with E-state index in [1.165, 1.54) is 0 Å². The van der Waals surface area contributed by atoms with Crippen molar-refractivity contribution in [3.05, 3.63) is 30.5 Å². The normalized spacial score (nSPS) is 10.6. The molecule has 5 heteroatoms. The van der Waals surface area contributed by atoms with Gasteiger partial charge in [0.1, 0.15) is 5.75 Å². The first kappa shape index (κ1) is 12.4. The zero-order chi connectivity index (χ0) is 13.0. The molecule has 1 amide bonds. The average Bonchev–Trinajstić information content (AvgIpc) is 2.79. The third-order valence-corrected chi connectivity index (χ3v) is 2.79. The Balaban J connectivity index is 2.18. The van der Waals surface area contributed by atoms with E-state index in [4.69, 9.17) is 10.6 Å². The highest BCUT2D eigenvalue weighted by molar-refractivity contribution is 5.82. The van der Waals surface area contributed by atoms with Gasteiger partial charge in [-0.25, -0.2) is 5.84 Å². The lowest BCUT2D eigenvalue weighted by Crippen LogP contribution is -2.30. The summed E-state index contributed by atoms with van der Waals surface area (Å²) < 4.78 is 7.48. The molecule has 0 aliphatic carbocycles. The van der Waals surface area contributed by atoms with Crippen LogP contribution in [0, 0.1) is 0 Å². The molecule has 0 spiro atoms. The van der Waals surface area contributed by atoms with Gasteiger partial charge >= 0.3 is 0 Å². The second kappa shape index (κ2) is 5.55. The molecule has 1 aromatic carbocycles. The van der Waals surface area contributed by atoms with Crippen molar-refractivity contribution in [1.82, 2.24) is 9.99 Å². The number of hydrogen-bond acceptors (Lipinski definition) is 3. The third kappa shape index (κ3) is 2.62. The van der Waals surface area contributed by atoms with E-state index in [0.717, 1.165) is 16.7 Å². The molecule has 5 nitrogen and oxygen atoms in total. The lowest BCUT2D eigenvalue weighted by atomic mass is 10.2. The first-order valence-electron chi connectivity index (χ1n) is 5.95. The quantitative estimate of drug-likeness (QED) is 0.477. The Bertz CT molecular complexity index is 548. The molecular formula is C13H17N3O2. The topological polar surface area (TPSA) is 69.3 Å². The predicted octanol–water partition coefficient (Wildman–Crippen LogP) is 1.42. The molecule has 0 saturated heterocycles. The number of aryl methyl sites for hydroxylation is 1. The van der Waals surface area contributed by atoms with Gasteiger partial charge in [-0.05, 0) is 31.2 Å². The molecule has 0 atom stereocenters. The largest absolute Gasteiger partial charge is 0.494 e. The highest BCUT2D eigenvalue weighted by atomic mass is 16.5. The van der Waals surface area contributed by atoms with Crippen LogP contribution >= 0.6 is 0 Å².